The molecule has 0 aromatic carbocycles. The van der Waals surface area contributed by atoms with Crippen LogP contribution < -0.4 is 0 Å². The monoisotopic (exact) mass is 1470 g/mol. The molecule has 0 fully saturated rings. The Bertz CT molecular complexity index is 2360. The third-order valence-corrected chi connectivity index (χ3v) is 18.6. The summed E-state index contributed by atoms with van der Waals surface area (Å²) in [5.74, 6) is -2.27. The average Bonchev–Trinajstić information content (AvgIpc) is 0.923. The predicted molar refractivity (Wildman–Crippen MR) is 418 cm³/mol. The van der Waals surface area contributed by atoms with Crippen LogP contribution in [0.25, 0.3) is 0 Å². The summed E-state index contributed by atoms with van der Waals surface area (Å²) in [6.45, 7) is 4.72. The SMILES string of the molecule is CCCCC/C=C\C/C=C\C/C=C\C/C=C\CCCC(=O)OC[C@H](COP(=O)(O)OC[C@H](O)COP(=O)(O)OC[C@@H](COC(=O)CCCCCCC/C=C\C/C=C\CCCCC)OC(=O)CCCCCCC/C=C\C=C/CCCCCC)OC(=O)CCCCCCC/C=C\CCCCCCCC. The maximum Gasteiger partial charge on any atom is 0.472 e. The molecule has 0 saturated carbocycles. The molecular formula is C83H144O17P2. The van der Waals surface area contributed by atoms with Gasteiger partial charge in [-0.3, -0.25) is 37.3 Å². The van der Waals surface area contributed by atoms with Gasteiger partial charge in [-0.15, -0.1) is 0 Å². The number of aliphatic hydroxyl groups is 1. The smallest absolute Gasteiger partial charge is 0.462 e. The molecule has 102 heavy (non-hydrogen) atoms. The normalized spacial score (nSPS) is 14.5. The van der Waals surface area contributed by atoms with Gasteiger partial charge >= 0.3 is 39.5 Å². The molecule has 2 unspecified atom stereocenters. The van der Waals surface area contributed by atoms with Gasteiger partial charge < -0.3 is 33.8 Å². The summed E-state index contributed by atoms with van der Waals surface area (Å²) in [5.41, 5.74) is 0. The summed E-state index contributed by atoms with van der Waals surface area (Å²) in [4.78, 5) is 73.0. The van der Waals surface area contributed by atoms with E-state index in [1.165, 1.54) is 103 Å². The molecule has 0 aliphatic carbocycles. The van der Waals surface area contributed by atoms with Gasteiger partial charge in [0.1, 0.15) is 19.3 Å². The largest absolute Gasteiger partial charge is 0.472 e. The number of allylic oxidation sites excluding steroid dienone is 18. The Morgan fingerprint density at radius 2 is 0.520 bits per heavy atom. The Morgan fingerprint density at radius 3 is 0.873 bits per heavy atom. The molecule has 588 valence electrons. The summed E-state index contributed by atoms with van der Waals surface area (Å²) in [6.07, 6.45) is 80.7. The fraction of sp³-hybridized carbons (Fsp3) is 0.735. The average molecular weight is 1480 g/mol. The van der Waals surface area contributed by atoms with Crippen molar-refractivity contribution >= 4 is 39.5 Å². The summed E-state index contributed by atoms with van der Waals surface area (Å²) in [7, 11) is -9.98. The van der Waals surface area contributed by atoms with Crippen molar-refractivity contribution in [1.82, 2.24) is 0 Å². The lowest BCUT2D eigenvalue weighted by atomic mass is 10.1. The molecule has 0 rings (SSSR count). The van der Waals surface area contributed by atoms with Crippen LogP contribution in [0.2, 0.25) is 0 Å². The van der Waals surface area contributed by atoms with Crippen molar-refractivity contribution < 1.29 is 80.2 Å². The first-order valence-electron chi connectivity index (χ1n) is 40.1. The summed E-state index contributed by atoms with van der Waals surface area (Å²) in [5, 5.41) is 10.6. The third-order valence-electron chi connectivity index (χ3n) is 16.7. The number of esters is 4. The number of hydrogen-bond acceptors (Lipinski definition) is 15. The van der Waals surface area contributed by atoms with E-state index in [-0.39, 0.29) is 25.7 Å². The van der Waals surface area contributed by atoms with Gasteiger partial charge in [0.25, 0.3) is 0 Å². The highest BCUT2D eigenvalue weighted by Gasteiger charge is 2.30. The Labute approximate surface area is 619 Å². The van der Waals surface area contributed by atoms with E-state index in [4.69, 9.17) is 37.0 Å². The standard InChI is InChI=1S/C83H144O17P2/c1-5-9-13-17-21-25-29-33-37-38-42-44-48-52-56-60-64-68-81(86)94-74-79(100-83(88)70-66-62-58-54-50-46-41-36-32-28-24-20-16-12-8-4)76-98-102(91,92)96-72-77(84)71-95-101(89,90)97-75-78(99-82(87)69-65-61-57-53-49-45-40-35-31-27-23-19-15-11-7-3)73-93-80(85)67-63-59-55-51-47-43-39-34-30-26-22-18-14-10-6-2/h21-22,25-27,31,33-37,39-42,44,52,56,77-79,84H,5-20,23-24,28-30,32,38,43,45-51,53-55,57-76H2,1-4H3,(H,89,90)(H,91,92)/b25-21-,26-22-,31-27-,37-33-,39-34-,40-35-,41-36-,44-42-,56-52-/t77-,78-,79-/m1/s1. The van der Waals surface area contributed by atoms with Crippen molar-refractivity contribution in [2.45, 2.75) is 354 Å². The van der Waals surface area contributed by atoms with E-state index in [1.807, 2.05) is 12.2 Å². The number of phosphoric ester groups is 2. The van der Waals surface area contributed by atoms with Crippen molar-refractivity contribution in [3.8, 4) is 0 Å². The zero-order chi connectivity index (χ0) is 74.6. The van der Waals surface area contributed by atoms with Crippen LogP contribution in [0.3, 0.4) is 0 Å². The summed E-state index contributed by atoms with van der Waals surface area (Å²) >= 11 is 0. The van der Waals surface area contributed by atoms with Gasteiger partial charge in [-0.1, -0.05) is 272 Å². The van der Waals surface area contributed by atoms with Crippen LogP contribution in [0.1, 0.15) is 336 Å². The number of carbonyl (C=O) groups excluding carboxylic acids is 4. The Hall–Kier alpha value is -4.28. The quantitative estimate of drug-likeness (QED) is 0.0128. The van der Waals surface area contributed by atoms with E-state index in [1.54, 1.807) is 0 Å². The molecule has 0 aromatic heterocycles. The van der Waals surface area contributed by atoms with E-state index in [0.717, 1.165) is 148 Å². The summed E-state index contributed by atoms with van der Waals surface area (Å²) in [6, 6.07) is 0. The molecule has 0 radical (unpaired) electrons. The lowest BCUT2D eigenvalue weighted by Crippen LogP contribution is -2.30. The number of unbranched alkanes of at least 4 members (excludes halogenated alkanes) is 32. The molecule has 17 nitrogen and oxygen atoms in total. The van der Waals surface area contributed by atoms with Crippen molar-refractivity contribution in [1.29, 1.82) is 0 Å². The van der Waals surface area contributed by atoms with Crippen LogP contribution in [-0.2, 0) is 65.4 Å². The van der Waals surface area contributed by atoms with Crippen molar-refractivity contribution in [2.75, 3.05) is 39.6 Å². The highest BCUT2D eigenvalue weighted by atomic mass is 31.2. The first-order chi connectivity index (χ1) is 49.7. The van der Waals surface area contributed by atoms with Crippen LogP contribution in [0.15, 0.2) is 109 Å². The lowest BCUT2D eigenvalue weighted by molar-refractivity contribution is -0.161. The molecule has 0 saturated heterocycles. The molecule has 5 atom stereocenters. The zero-order valence-corrected chi connectivity index (χ0v) is 66.0. The molecular weight excluding hydrogens is 1330 g/mol. The molecule has 0 aliphatic rings. The predicted octanol–water partition coefficient (Wildman–Crippen LogP) is 23.3. The number of carbonyl (C=O) groups is 4. The minimum Gasteiger partial charge on any atom is -0.462 e. The molecule has 0 heterocycles. The van der Waals surface area contributed by atoms with Crippen LogP contribution in [0, 0.1) is 0 Å². The van der Waals surface area contributed by atoms with E-state index in [2.05, 4.69) is 125 Å². The first-order valence-corrected chi connectivity index (χ1v) is 43.1. The van der Waals surface area contributed by atoms with Crippen molar-refractivity contribution in [3.63, 3.8) is 0 Å². The van der Waals surface area contributed by atoms with Crippen LogP contribution in [0.4, 0.5) is 0 Å². The molecule has 0 spiro atoms. The maximum atomic E-state index is 13.1. The molecule has 0 bridgehead atoms. The fourth-order valence-corrected chi connectivity index (χ4v) is 12.1. The number of hydrogen-bond donors (Lipinski definition) is 3. The Balaban J connectivity index is 5.43. The van der Waals surface area contributed by atoms with Crippen LogP contribution in [-0.4, -0.2) is 96.7 Å². The summed E-state index contributed by atoms with van der Waals surface area (Å²) < 4.78 is 68.5. The Morgan fingerprint density at radius 1 is 0.284 bits per heavy atom. The van der Waals surface area contributed by atoms with E-state index < -0.39 is 97.5 Å². The van der Waals surface area contributed by atoms with Crippen LogP contribution >= 0.6 is 15.6 Å². The first kappa shape index (κ1) is 97.7. The molecule has 0 aliphatic heterocycles. The lowest BCUT2D eigenvalue weighted by Gasteiger charge is -2.21. The van der Waals surface area contributed by atoms with Gasteiger partial charge in [0.05, 0.1) is 26.4 Å². The highest BCUT2D eigenvalue weighted by Crippen LogP contribution is 2.45. The van der Waals surface area contributed by atoms with Gasteiger partial charge in [0, 0.05) is 25.7 Å². The van der Waals surface area contributed by atoms with Gasteiger partial charge in [0.15, 0.2) is 12.2 Å². The van der Waals surface area contributed by atoms with Gasteiger partial charge in [0.2, 0.25) is 0 Å². The second-order valence-electron chi connectivity index (χ2n) is 26.7. The van der Waals surface area contributed by atoms with Gasteiger partial charge in [-0.2, -0.15) is 0 Å². The fourth-order valence-electron chi connectivity index (χ4n) is 10.5. The second-order valence-corrected chi connectivity index (χ2v) is 29.6. The zero-order valence-electron chi connectivity index (χ0n) is 64.3. The molecule has 0 aromatic rings. The number of ether oxygens (including phenoxy) is 4. The number of phosphoric acid groups is 2. The maximum absolute atomic E-state index is 13.1. The Kier molecular flexibility index (Phi) is 71.8. The molecule has 0 amide bonds. The van der Waals surface area contributed by atoms with E-state index >= 15 is 0 Å². The third kappa shape index (κ3) is 74.0. The minimum atomic E-state index is -4.99. The number of aliphatic hydroxyl groups excluding tert-OH is 1. The van der Waals surface area contributed by atoms with E-state index in [0.29, 0.717) is 32.1 Å². The minimum absolute atomic E-state index is 0.0724. The van der Waals surface area contributed by atoms with E-state index in [9.17, 15) is 43.2 Å². The van der Waals surface area contributed by atoms with Gasteiger partial charge in [-0.25, -0.2) is 9.13 Å². The molecule has 19 heteroatoms. The van der Waals surface area contributed by atoms with Gasteiger partial charge in [-0.05, 0) is 148 Å². The van der Waals surface area contributed by atoms with Crippen LogP contribution in [0.5, 0.6) is 0 Å². The highest BCUT2D eigenvalue weighted by molar-refractivity contribution is 7.47. The second kappa shape index (κ2) is 75.0. The topological polar surface area (TPSA) is 237 Å². The number of rotatable bonds is 75. The molecule has 3 N–H and O–H groups in total. The van der Waals surface area contributed by atoms with Crippen molar-refractivity contribution in [3.05, 3.63) is 109 Å². The van der Waals surface area contributed by atoms with Crippen molar-refractivity contribution in [2.24, 2.45) is 0 Å².